The molecule has 0 aromatic carbocycles. The molecule has 0 aliphatic carbocycles. The van der Waals surface area contributed by atoms with Crippen LogP contribution in [0.15, 0.2) is 18.3 Å². The molecule has 0 spiro atoms. The van der Waals surface area contributed by atoms with E-state index >= 15 is 0 Å². The van der Waals surface area contributed by atoms with Gasteiger partial charge < -0.3 is 15.2 Å². The largest absolute Gasteiger partial charge is 0.481 e. The van der Waals surface area contributed by atoms with Crippen molar-refractivity contribution in [3.63, 3.8) is 0 Å². The number of carbonyl (C=O) groups is 2. The Morgan fingerprint density at radius 1 is 1.43 bits per heavy atom. The molecule has 0 aliphatic rings. The van der Waals surface area contributed by atoms with Crippen molar-refractivity contribution in [1.29, 1.82) is 0 Å². The normalized spacial score (nSPS) is 12.6. The third kappa shape index (κ3) is 5.06. The summed E-state index contributed by atoms with van der Waals surface area (Å²) in [7, 11) is 0. The quantitative estimate of drug-likeness (QED) is 0.784. The van der Waals surface area contributed by atoms with E-state index in [1.54, 1.807) is 25.3 Å². The van der Waals surface area contributed by atoms with Gasteiger partial charge in [0.1, 0.15) is 11.4 Å². The van der Waals surface area contributed by atoms with Gasteiger partial charge >= 0.3 is 11.9 Å². The lowest BCUT2D eigenvalue weighted by Crippen LogP contribution is -2.36. The van der Waals surface area contributed by atoms with Crippen LogP contribution in [0.4, 0.5) is 5.82 Å². The summed E-state index contributed by atoms with van der Waals surface area (Å²) < 4.78 is 4.98. The van der Waals surface area contributed by atoms with Gasteiger partial charge in [0, 0.05) is 12.2 Å². The summed E-state index contributed by atoms with van der Waals surface area (Å²) in [5, 5.41) is 12.1. The molecule has 0 bridgehead atoms. The Labute approximate surface area is 124 Å². The van der Waals surface area contributed by atoms with E-state index in [0.717, 1.165) is 0 Å². The number of anilines is 1. The Bertz CT molecular complexity index is 509. The monoisotopic (exact) mass is 294 g/mol. The van der Waals surface area contributed by atoms with Gasteiger partial charge in [-0.05, 0) is 24.5 Å². The minimum atomic E-state index is -0.906. The topological polar surface area (TPSA) is 88.5 Å². The van der Waals surface area contributed by atoms with Crippen LogP contribution in [0.3, 0.4) is 0 Å². The van der Waals surface area contributed by atoms with Crippen LogP contribution in [0, 0.1) is 5.41 Å². The van der Waals surface area contributed by atoms with Gasteiger partial charge in [0.15, 0.2) is 0 Å². The standard InChI is InChI=1S/C15H22N2O4/c1-5-21-14(20)10-7-6-8-16-13(10)17-11(9-12(18)19)15(2,3)4/h6-8,11H,5,9H2,1-4H3,(H,16,17)(H,18,19). The summed E-state index contributed by atoms with van der Waals surface area (Å²) in [4.78, 5) is 27.1. The highest BCUT2D eigenvalue weighted by molar-refractivity contribution is 5.94. The second kappa shape index (κ2) is 7.06. The molecule has 21 heavy (non-hydrogen) atoms. The van der Waals surface area contributed by atoms with Gasteiger partial charge in [-0.3, -0.25) is 4.79 Å². The number of hydrogen-bond donors (Lipinski definition) is 2. The van der Waals surface area contributed by atoms with Crippen LogP contribution in [0.2, 0.25) is 0 Å². The molecule has 0 saturated carbocycles. The Morgan fingerprint density at radius 2 is 2.10 bits per heavy atom. The van der Waals surface area contributed by atoms with Crippen LogP contribution < -0.4 is 5.32 Å². The van der Waals surface area contributed by atoms with Crippen molar-refractivity contribution in [1.82, 2.24) is 4.98 Å². The summed E-state index contributed by atoms with van der Waals surface area (Å²) in [5.41, 5.74) is 0.000892. The molecule has 1 aromatic heterocycles. The molecule has 1 heterocycles. The van der Waals surface area contributed by atoms with Crippen molar-refractivity contribution in [3.05, 3.63) is 23.9 Å². The summed E-state index contributed by atoms with van der Waals surface area (Å²) in [6.45, 7) is 7.79. The molecule has 1 unspecified atom stereocenters. The molecule has 2 N–H and O–H groups in total. The first-order valence-electron chi connectivity index (χ1n) is 6.86. The van der Waals surface area contributed by atoms with Gasteiger partial charge in [-0.1, -0.05) is 20.8 Å². The SMILES string of the molecule is CCOC(=O)c1cccnc1NC(CC(=O)O)C(C)(C)C. The third-order valence-electron chi connectivity index (χ3n) is 3.04. The van der Waals surface area contributed by atoms with E-state index in [1.165, 1.54) is 0 Å². The first kappa shape index (κ1) is 16.9. The van der Waals surface area contributed by atoms with Gasteiger partial charge in [0.2, 0.25) is 0 Å². The van der Waals surface area contributed by atoms with E-state index in [9.17, 15) is 9.59 Å². The first-order chi connectivity index (χ1) is 9.75. The predicted octanol–water partition coefficient (Wildman–Crippen LogP) is 2.56. The summed E-state index contributed by atoms with van der Waals surface area (Å²) in [6.07, 6.45) is 1.48. The van der Waals surface area contributed by atoms with Gasteiger partial charge in [0.05, 0.1) is 13.0 Å². The predicted molar refractivity (Wildman–Crippen MR) is 79.3 cm³/mol. The number of aliphatic carboxylic acids is 1. The van der Waals surface area contributed by atoms with Gasteiger partial charge in [-0.2, -0.15) is 0 Å². The molecule has 1 aromatic rings. The fraction of sp³-hybridized carbons (Fsp3) is 0.533. The minimum Gasteiger partial charge on any atom is -0.481 e. The minimum absolute atomic E-state index is 0.0671. The van der Waals surface area contributed by atoms with Crippen LogP contribution in [-0.4, -0.2) is 34.7 Å². The summed E-state index contributed by atoms with van der Waals surface area (Å²) in [5.74, 6) is -1.04. The second-order valence-corrected chi connectivity index (χ2v) is 5.78. The molecule has 0 aliphatic heterocycles. The average Bonchev–Trinajstić information content (AvgIpc) is 2.37. The van der Waals surface area contributed by atoms with E-state index < -0.39 is 11.9 Å². The Hall–Kier alpha value is -2.11. The zero-order chi connectivity index (χ0) is 16.0. The maximum Gasteiger partial charge on any atom is 0.341 e. The molecular weight excluding hydrogens is 272 g/mol. The number of esters is 1. The molecule has 6 heteroatoms. The van der Waals surface area contributed by atoms with Crippen molar-refractivity contribution in [2.45, 2.75) is 40.2 Å². The smallest absolute Gasteiger partial charge is 0.341 e. The molecule has 1 rings (SSSR count). The molecule has 6 nitrogen and oxygen atoms in total. The van der Waals surface area contributed by atoms with Crippen molar-refractivity contribution < 1.29 is 19.4 Å². The summed E-state index contributed by atoms with van der Waals surface area (Å²) >= 11 is 0. The zero-order valence-corrected chi connectivity index (χ0v) is 12.8. The Kier molecular flexibility index (Phi) is 5.69. The van der Waals surface area contributed by atoms with Gasteiger partial charge in [-0.15, -0.1) is 0 Å². The third-order valence-corrected chi connectivity index (χ3v) is 3.04. The Morgan fingerprint density at radius 3 is 2.62 bits per heavy atom. The van der Waals surface area contributed by atoms with Gasteiger partial charge in [-0.25, -0.2) is 9.78 Å². The highest BCUT2D eigenvalue weighted by atomic mass is 16.5. The number of hydrogen-bond acceptors (Lipinski definition) is 5. The number of nitrogens with zero attached hydrogens (tertiary/aromatic N) is 1. The average molecular weight is 294 g/mol. The Balaban J connectivity index is 3.04. The van der Waals surface area contributed by atoms with Crippen molar-refractivity contribution in [3.8, 4) is 0 Å². The molecule has 0 saturated heterocycles. The van der Waals surface area contributed by atoms with Crippen LogP contribution >= 0.6 is 0 Å². The van der Waals surface area contributed by atoms with Crippen LogP contribution in [0.25, 0.3) is 0 Å². The lowest BCUT2D eigenvalue weighted by Gasteiger charge is -2.31. The van der Waals surface area contributed by atoms with Crippen molar-refractivity contribution in [2.75, 3.05) is 11.9 Å². The molecule has 0 radical (unpaired) electrons. The molecule has 0 fully saturated rings. The second-order valence-electron chi connectivity index (χ2n) is 5.78. The number of carbonyl (C=O) groups excluding carboxylic acids is 1. The molecule has 1 atom stereocenters. The number of nitrogens with one attached hydrogen (secondary N) is 1. The lowest BCUT2D eigenvalue weighted by atomic mass is 9.84. The molecule has 116 valence electrons. The first-order valence-corrected chi connectivity index (χ1v) is 6.86. The summed E-state index contributed by atoms with van der Waals surface area (Å²) in [6, 6.07) is 2.88. The number of pyridine rings is 1. The van der Waals surface area contributed by atoms with Crippen LogP contribution in [-0.2, 0) is 9.53 Å². The van der Waals surface area contributed by atoms with Gasteiger partial charge in [0.25, 0.3) is 0 Å². The molecule has 0 amide bonds. The molecular formula is C15H22N2O4. The number of carboxylic acid groups (broad SMARTS) is 1. The van der Waals surface area contributed by atoms with E-state index in [0.29, 0.717) is 11.4 Å². The van der Waals surface area contributed by atoms with E-state index in [-0.39, 0.29) is 24.5 Å². The number of ether oxygens (including phenoxy) is 1. The van der Waals surface area contributed by atoms with E-state index in [2.05, 4.69) is 10.3 Å². The van der Waals surface area contributed by atoms with Crippen molar-refractivity contribution in [2.24, 2.45) is 5.41 Å². The van der Waals surface area contributed by atoms with Crippen LogP contribution in [0.5, 0.6) is 0 Å². The maximum absolute atomic E-state index is 11.9. The van der Waals surface area contributed by atoms with E-state index in [1.807, 2.05) is 20.8 Å². The highest BCUT2D eigenvalue weighted by Crippen LogP contribution is 2.26. The van der Waals surface area contributed by atoms with Crippen LogP contribution in [0.1, 0.15) is 44.5 Å². The fourth-order valence-electron chi connectivity index (χ4n) is 1.81. The number of aromatic nitrogens is 1. The zero-order valence-electron chi connectivity index (χ0n) is 12.8. The number of carboxylic acids is 1. The number of rotatable bonds is 6. The highest BCUT2D eigenvalue weighted by Gasteiger charge is 2.28. The fourth-order valence-corrected chi connectivity index (χ4v) is 1.81. The van der Waals surface area contributed by atoms with Crippen molar-refractivity contribution >= 4 is 17.8 Å². The maximum atomic E-state index is 11.9. The van der Waals surface area contributed by atoms with E-state index in [4.69, 9.17) is 9.84 Å². The lowest BCUT2D eigenvalue weighted by molar-refractivity contribution is -0.137.